The van der Waals surface area contributed by atoms with Crippen LogP contribution < -0.4 is 0 Å². The normalized spacial score (nSPS) is 17.8. The van der Waals surface area contributed by atoms with Gasteiger partial charge in [0, 0.05) is 25.3 Å². The van der Waals surface area contributed by atoms with E-state index in [0.717, 1.165) is 0 Å². The zero-order valence-corrected chi connectivity index (χ0v) is 13.2. The molecular weight excluding hydrogens is 290 g/mol. The molecular formula is C15H21NO4S. The predicted octanol–water partition coefficient (Wildman–Crippen LogP) is 2.08. The van der Waals surface area contributed by atoms with Crippen LogP contribution in [-0.2, 0) is 14.8 Å². The van der Waals surface area contributed by atoms with Crippen LogP contribution in [0.2, 0.25) is 0 Å². The first-order valence-electron chi connectivity index (χ1n) is 7.18. The Morgan fingerprint density at radius 1 is 1.33 bits per heavy atom. The van der Waals surface area contributed by atoms with Crippen LogP contribution in [0, 0.1) is 0 Å². The monoisotopic (exact) mass is 311 g/mol. The first kappa shape index (κ1) is 16.1. The van der Waals surface area contributed by atoms with E-state index in [1.807, 2.05) is 6.92 Å². The summed E-state index contributed by atoms with van der Waals surface area (Å²) < 4.78 is 32.2. The zero-order valence-electron chi connectivity index (χ0n) is 12.4. The third kappa shape index (κ3) is 3.70. The van der Waals surface area contributed by atoms with Crippen LogP contribution in [0.3, 0.4) is 0 Å². The molecule has 0 N–H and O–H groups in total. The van der Waals surface area contributed by atoms with Crippen molar-refractivity contribution in [1.29, 1.82) is 0 Å². The van der Waals surface area contributed by atoms with Crippen molar-refractivity contribution in [2.24, 2.45) is 0 Å². The van der Waals surface area contributed by atoms with Crippen molar-refractivity contribution in [3.8, 4) is 0 Å². The van der Waals surface area contributed by atoms with Gasteiger partial charge in [-0.25, -0.2) is 8.42 Å². The number of ether oxygens (including phenoxy) is 1. The molecule has 21 heavy (non-hydrogen) atoms. The van der Waals surface area contributed by atoms with E-state index in [9.17, 15) is 13.2 Å². The molecule has 0 aromatic heterocycles. The fourth-order valence-corrected chi connectivity index (χ4v) is 4.02. The Labute approximate surface area is 126 Å². The molecule has 1 aliphatic heterocycles. The Balaban J connectivity index is 2.16. The van der Waals surface area contributed by atoms with Gasteiger partial charge in [0.25, 0.3) is 0 Å². The maximum atomic E-state index is 12.6. The number of ketones is 1. The van der Waals surface area contributed by atoms with Gasteiger partial charge in [-0.05, 0) is 38.8 Å². The van der Waals surface area contributed by atoms with Gasteiger partial charge in [0.15, 0.2) is 5.78 Å². The third-order valence-electron chi connectivity index (χ3n) is 3.68. The minimum absolute atomic E-state index is 0.137. The van der Waals surface area contributed by atoms with Crippen molar-refractivity contribution in [1.82, 2.24) is 4.31 Å². The molecule has 0 radical (unpaired) electrons. The summed E-state index contributed by atoms with van der Waals surface area (Å²) in [5, 5.41) is 0. The lowest BCUT2D eigenvalue weighted by Crippen LogP contribution is -2.40. The molecule has 1 heterocycles. The summed E-state index contributed by atoms with van der Waals surface area (Å²) in [6, 6.07) is 6.22. The number of sulfonamides is 1. The van der Waals surface area contributed by atoms with Crippen molar-refractivity contribution < 1.29 is 17.9 Å². The number of rotatable bonds is 5. The van der Waals surface area contributed by atoms with Gasteiger partial charge >= 0.3 is 0 Å². The largest absolute Gasteiger partial charge is 0.378 e. The van der Waals surface area contributed by atoms with E-state index >= 15 is 0 Å². The van der Waals surface area contributed by atoms with Gasteiger partial charge < -0.3 is 4.74 Å². The van der Waals surface area contributed by atoms with Crippen LogP contribution >= 0.6 is 0 Å². The van der Waals surface area contributed by atoms with Crippen LogP contribution in [-0.4, -0.2) is 44.3 Å². The molecule has 1 aromatic carbocycles. The quantitative estimate of drug-likeness (QED) is 0.781. The van der Waals surface area contributed by atoms with E-state index < -0.39 is 10.0 Å². The number of carbonyl (C=O) groups excluding carboxylic acids is 1. The van der Waals surface area contributed by atoms with Crippen LogP contribution in [0.25, 0.3) is 0 Å². The van der Waals surface area contributed by atoms with Gasteiger partial charge in [0.05, 0.1) is 11.0 Å². The smallest absolute Gasteiger partial charge is 0.243 e. The summed E-state index contributed by atoms with van der Waals surface area (Å²) in [4.78, 5) is 11.6. The summed E-state index contributed by atoms with van der Waals surface area (Å²) in [7, 11) is -3.53. The Morgan fingerprint density at radius 2 is 2.00 bits per heavy atom. The first-order valence-corrected chi connectivity index (χ1v) is 8.62. The van der Waals surface area contributed by atoms with Crippen LogP contribution in [0.4, 0.5) is 0 Å². The Hall–Kier alpha value is -1.24. The highest BCUT2D eigenvalue weighted by atomic mass is 32.2. The average Bonchev–Trinajstić information content (AvgIpc) is 2.48. The lowest BCUT2D eigenvalue weighted by Gasteiger charge is -2.31. The maximum absolute atomic E-state index is 12.6. The summed E-state index contributed by atoms with van der Waals surface area (Å²) >= 11 is 0. The standard InChI is InChI=1S/C15H21NO4S/c1-3-20-14-7-9-16(10-8-14)21(18,19)15-6-4-5-13(11-15)12(2)17/h4-6,11,14H,3,7-10H2,1-2H3. The molecule has 1 saturated heterocycles. The fraction of sp³-hybridized carbons (Fsp3) is 0.533. The van der Waals surface area contributed by atoms with E-state index in [4.69, 9.17) is 4.74 Å². The van der Waals surface area contributed by atoms with Crippen molar-refractivity contribution in [2.45, 2.75) is 37.7 Å². The third-order valence-corrected chi connectivity index (χ3v) is 5.58. The van der Waals surface area contributed by atoms with Crippen molar-refractivity contribution in [3.63, 3.8) is 0 Å². The molecule has 0 bridgehead atoms. The molecule has 0 unspecified atom stereocenters. The summed E-state index contributed by atoms with van der Waals surface area (Å²) in [5.41, 5.74) is 0.417. The lowest BCUT2D eigenvalue weighted by molar-refractivity contribution is 0.0290. The predicted molar refractivity (Wildman–Crippen MR) is 79.9 cm³/mol. The van der Waals surface area contributed by atoms with Gasteiger partial charge in [-0.1, -0.05) is 12.1 Å². The molecule has 2 rings (SSSR count). The number of benzene rings is 1. The van der Waals surface area contributed by atoms with Crippen molar-refractivity contribution in [3.05, 3.63) is 29.8 Å². The maximum Gasteiger partial charge on any atom is 0.243 e. The molecule has 5 nitrogen and oxygen atoms in total. The number of piperidine rings is 1. The zero-order chi connectivity index (χ0) is 15.5. The second-order valence-corrected chi connectivity index (χ2v) is 7.08. The van der Waals surface area contributed by atoms with Crippen LogP contribution in [0.1, 0.15) is 37.0 Å². The van der Waals surface area contributed by atoms with Gasteiger partial charge in [-0.15, -0.1) is 0 Å². The number of carbonyl (C=O) groups is 1. The van der Waals surface area contributed by atoms with E-state index in [1.165, 1.54) is 23.4 Å². The van der Waals surface area contributed by atoms with Crippen LogP contribution in [0.15, 0.2) is 29.2 Å². The SMILES string of the molecule is CCOC1CCN(S(=O)(=O)c2cccc(C(C)=O)c2)CC1. The van der Waals surface area contributed by atoms with Gasteiger partial charge in [-0.2, -0.15) is 4.31 Å². The molecule has 0 aliphatic carbocycles. The van der Waals surface area contributed by atoms with Gasteiger partial charge in [-0.3, -0.25) is 4.79 Å². The molecule has 0 atom stereocenters. The van der Waals surface area contributed by atoms with E-state index in [-0.39, 0.29) is 16.8 Å². The van der Waals surface area contributed by atoms with E-state index in [1.54, 1.807) is 12.1 Å². The average molecular weight is 311 g/mol. The number of hydrogen-bond acceptors (Lipinski definition) is 4. The summed E-state index contributed by atoms with van der Waals surface area (Å²) in [6.07, 6.45) is 1.56. The second-order valence-electron chi connectivity index (χ2n) is 5.14. The molecule has 1 aliphatic rings. The highest BCUT2D eigenvalue weighted by molar-refractivity contribution is 7.89. The Morgan fingerprint density at radius 3 is 2.57 bits per heavy atom. The minimum atomic E-state index is -3.53. The van der Waals surface area contributed by atoms with Crippen molar-refractivity contribution >= 4 is 15.8 Å². The molecule has 0 spiro atoms. The summed E-state index contributed by atoms with van der Waals surface area (Å²) in [5.74, 6) is -0.137. The van der Waals surface area contributed by atoms with E-state index in [0.29, 0.717) is 38.1 Å². The molecule has 1 aromatic rings. The van der Waals surface area contributed by atoms with Crippen LogP contribution in [0.5, 0.6) is 0 Å². The summed E-state index contributed by atoms with van der Waals surface area (Å²) in [6.45, 7) is 4.93. The topological polar surface area (TPSA) is 63.7 Å². The molecule has 6 heteroatoms. The number of Topliss-reactive ketones (excluding diaryl/α,β-unsaturated/α-hetero) is 1. The molecule has 116 valence electrons. The second kappa shape index (κ2) is 6.68. The number of nitrogens with zero attached hydrogens (tertiary/aromatic N) is 1. The minimum Gasteiger partial charge on any atom is -0.378 e. The lowest BCUT2D eigenvalue weighted by atomic mass is 10.1. The Bertz CT molecular complexity index is 604. The van der Waals surface area contributed by atoms with Gasteiger partial charge in [0.1, 0.15) is 0 Å². The molecule has 1 fully saturated rings. The van der Waals surface area contributed by atoms with E-state index in [2.05, 4.69) is 0 Å². The highest BCUT2D eigenvalue weighted by Crippen LogP contribution is 2.22. The molecule has 0 amide bonds. The van der Waals surface area contributed by atoms with Gasteiger partial charge in [0.2, 0.25) is 10.0 Å². The first-order chi connectivity index (χ1) is 9.95. The fourth-order valence-electron chi connectivity index (χ4n) is 2.50. The highest BCUT2D eigenvalue weighted by Gasteiger charge is 2.29. The Kier molecular flexibility index (Phi) is 5.13. The number of hydrogen-bond donors (Lipinski definition) is 0. The van der Waals surface area contributed by atoms with Crippen molar-refractivity contribution in [2.75, 3.05) is 19.7 Å². The molecule has 0 saturated carbocycles.